The van der Waals surface area contributed by atoms with Gasteiger partial charge in [-0.1, -0.05) is 62.2 Å². The fraction of sp³-hybridized carbons (Fsp3) is 0.600. The van der Waals surface area contributed by atoms with Gasteiger partial charge in [-0.3, -0.25) is 0 Å². The Kier molecular flexibility index (Phi) is 5.46. The van der Waals surface area contributed by atoms with Crippen molar-refractivity contribution < 1.29 is 0 Å². The quantitative estimate of drug-likeness (QED) is 0.597. The molecule has 1 saturated carbocycles. The molecule has 2 aliphatic carbocycles. The highest BCUT2D eigenvalue weighted by molar-refractivity contribution is 8.03. The lowest BCUT2D eigenvalue weighted by Gasteiger charge is -2.35. The summed E-state index contributed by atoms with van der Waals surface area (Å²) < 4.78 is 0. The summed E-state index contributed by atoms with van der Waals surface area (Å²) in [6.07, 6.45) is 14.0. The molecule has 114 valence electrons. The Morgan fingerprint density at radius 2 is 1.71 bits per heavy atom. The van der Waals surface area contributed by atoms with Crippen LogP contribution < -0.4 is 0 Å². The predicted molar refractivity (Wildman–Crippen MR) is 93.5 cm³/mol. The van der Waals surface area contributed by atoms with Crippen LogP contribution in [0.3, 0.4) is 0 Å². The fourth-order valence-electron chi connectivity index (χ4n) is 4.06. The SMILES string of the molecule is CCC1CCC(C2CC=C(Sc3ccccc3)CC2)CC1. The summed E-state index contributed by atoms with van der Waals surface area (Å²) in [4.78, 5) is 2.99. The van der Waals surface area contributed by atoms with Crippen LogP contribution in [0.5, 0.6) is 0 Å². The summed E-state index contributed by atoms with van der Waals surface area (Å²) in [6, 6.07) is 10.8. The highest BCUT2D eigenvalue weighted by Gasteiger charge is 2.28. The molecule has 0 saturated heterocycles. The van der Waals surface area contributed by atoms with Gasteiger partial charge in [-0.25, -0.2) is 0 Å². The van der Waals surface area contributed by atoms with E-state index < -0.39 is 0 Å². The van der Waals surface area contributed by atoms with E-state index in [2.05, 4.69) is 43.3 Å². The molecule has 0 heterocycles. The van der Waals surface area contributed by atoms with Crippen molar-refractivity contribution >= 4 is 11.8 Å². The maximum atomic E-state index is 2.54. The van der Waals surface area contributed by atoms with Crippen molar-refractivity contribution in [1.82, 2.24) is 0 Å². The summed E-state index contributed by atoms with van der Waals surface area (Å²) >= 11 is 1.98. The largest absolute Gasteiger partial charge is 0.0949 e. The van der Waals surface area contributed by atoms with E-state index >= 15 is 0 Å². The summed E-state index contributed by atoms with van der Waals surface area (Å²) in [7, 11) is 0. The molecule has 1 fully saturated rings. The first kappa shape index (κ1) is 15.2. The van der Waals surface area contributed by atoms with E-state index in [9.17, 15) is 0 Å². The van der Waals surface area contributed by atoms with Crippen molar-refractivity contribution in [3.63, 3.8) is 0 Å². The Labute approximate surface area is 134 Å². The topological polar surface area (TPSA) is 0 Å². The zero-order valence-electron chi connectivity index (χ0n) is 13.3. The van der Waals surface area contributed by atoms with E-state index in [-0.39, 0.29) is 0 Å². The number of benzene rings is 1. The first-order valence-electron chi connectivity index (χ1n) is 8.77. The van der Waals surface area contributed by atoms with Crippen LogP contribution in [0.4, 0.5) is 0 Å². The van der Waals surface area contributed by atoms with Gasteiger partial charge in [-0.05, 0) is 66.9 Å². The molecule has 21 heavy (non-hydrogen) atoms. The second-order valence-corrected chi connectivity index (χ2v) is 8.01. The molecular weight excluding hydrogens is 272 g/mol. The molecular formula is C20H28S. The van der Waals surface area contributed by atoms with E-state index in [0.717, 1.165) is 17.8 Å². The van der Waals surface area contributed by atoms with Crippen molar-refractivity contribution in [2.45, 2.75) is 63.2 Å². The van der Waals surface area contributed by atoms with Crippen molar-refractivity contribution in [1.29, 1.82) is 0 Å². The van der Waals surface area contributed by atoms with Crippen LogP contribution >= 0.6 is 11.8 Å². The van der Waals surface area contributed by atoms with Gasteiger partial charge in [0.1, 0.15) is 0 Å². The molecule has 1 heteroatoms. The molecule has 0 aliphatic heterocycles. The molecule has 0 amide bonds. The summed E-state index contributed by atoms with van der Waals surface area (Å²) in [5.41, 5.74) is 0. The molecule has 3 rings (SSSR count). The van der Waals surface area contributed by atoms with Crippen LogP contribution in [-0.4, -0.2) is 0 Å². The van der Waals surface area contributed by atoms with Crippen LogP contribution in [0.25, 0.3) is 0 Å². The molecule has 1 atom stereocenters. The Hall–Kier alpha value is -0.690. The molecule has 0 spiro atoms. The predicted octanol–water partition coefficient (Wildman–Crippen LogP) is 6.68. The molecule has 0 N–H and O–H groups in total. The second-order valence-electron chi connectivity index (χ2n) is 6.81. The van der Waals surface area contributed by atoms with Crippen molar-refractivity contribution in [2.24, 2.45) is 17.8 Å². The minimum atomic E-state index is 0.975. The van der Waals surface area contributed by atoms with Gasteiger partial charge >= 0.3 is 0 Å². The third-order valence-electron chi connectivity index (χ3n) is 5.54. The van der Waals surface area contributed by atoms with Crippen LogP contribution in [0.2, 0.25) is 0 Å². The third kappa shape index (κ3) is 4.16. The maximum Gasteiger partial charge on any atom is 0.0118 e. The monoisotopic (exact) mass is 300 g/mol. The van der Waals surface area contributed by atoms with Crippen LogP contribution in [0.1, 0.15) is 58.3 Å². The van der Waals surface area contributed by atoms with Gasteiger partial charge in [-0.15, -0.1) is 0 Å². The number of allylic oxidation sites excluding steroid dienone is 2. The molecule has 1 unspecified atom stereocenters. The van der Waals surface area contributed by atoms with E-state index in [1.807, 2.05) is 11.8 Å². The van der Waals surface area contributed by atoms with Gasteiger partial charge in [0.25, 0.3) is 0 Å². The first-order valence-corrected chi connectivity index (χ1v) is 9.58. The Morgan fingerprint density at radius 3 is 2.33 bits per heavy atom. The number of thioether (sulfide) groups is 1. The fourth-order valence-corrected chi connectivity index (χ4v) is 5.05. The standard InChI is InChI=1S/C20H28S/c1-2-16-8-10-17(11-9-16)18-12-14-20(15-13-18)21-19-6-4-3-5-7-19/h3-7,14,16-18H,2,8-13,15H2,1H3. The Balaban J connectivity index is 1.50. The van der Waals surface area contributed by atoms with Gasteiger partial charge < -0.3 is 0 Å². The first-order chi connectivity index (χ1) is 10.3. The number of hydrogen-bond donors (Lipinski definition) is 0. The van der Waals surface area contributed by atoms with Crippen LogP contribution in [0.15, 0.2) is 46.2 Å². The molecule has 1 aromatic rings. The average Bonchev–Trinajstić information content (AvgIpc) is 2.57. The smallest absolute Gasteiger partial charge is 0.0118 e. The molecule has 0 nitrogen and oxygen atoms in total. The van der Waals surface area contributed by atoms with Crippen LogP contribution in [-0.2, 0) is 0 Å². The molecule has 1 aromatic carbocycles. The minimum Gasteiger partial charge on any atom is -0.0949 e. The second kappa shape index (κ2) is 7.54. The summed E-state index contributed by atoms with van der Waals surface area (Å²) in [5, 5.41) is 0. The third-order valence-corrected chi connectivity index (χ3v) is 6.68. The van der Waals surface area contributed by atoms with E-state index in [4.69, 9.17) is 0 Å². The van der Waals surface area contributed by atoms with E-state index in [1.165, 1.54) is 56.3 Å². The van der Waals surface area contributed by atoms with Gasteiger partial charge in [-0.2, -0.15) is 0 Å². The molecule has 2 aliphatic rings. The highest BCUT2D eigenvalue weighted by atomic mass is 32.2. The Bertz CT molecular complexity index is 454. The van der Waals surface area contributed by atoms with Crippen molar-refractivity contribution in [2.75, 3.05) is 0 Å². The van der Waals surface area contributed by atoms with Gasteiger partial charge in [0, 0.05) is 4.90 Å². The summed E-state index contributed by atoms with van der Waals surface area (Å²) in [6.45, 7) is 2.36. The number of hydrogen-bond acceptors (Lipinski definition) is 1. The van der Waals surface area contributed by atoms with Gasteiger partial charge in [0.05, 0.1) is 0 Å². The lowest BCUT2D eigenvalue weighted by Crippen LogP contribution is -2.22. The maximum absolute atomic E-state index is 2.54. The lowest BCUT2D eigenvalue weighted by atomic mass is 9.72. The molecule has 0 radical (unpaired) electrons. The zero-order chi connectivity index (χ0) is 14.5. The normalized spacial score (nSPS) is 30.0. The summed E-state index contributed by atoms with van der Waals surface area (Å²) in [5.74, 6) is 3.03. The van der Waals surface area contributed by atoms with E-state index in [0.29, 0.717) is 0 Å². The van der Waals surface area contributed by atoms with Crippen molar-refractivity contribution in [3.05, 3.63) is 41.3 Å². The zero-order valence-corrected chi connectivity index (χ0v) is 14.1. The highest BCUT2D eigenvalue weighted by Crippen LogP contribution is 2.42. The van der Waals surface area contributed by atoms with Gasteiger partial charge in [0.15, 0.2) is 0 Å². The van der Waals surface area contributed by atoms with Gasteiger partial charge in [0.2, 0.25) is 0 Å². The minimum absolute atomic E-state index is 0.975. The molecule has 0 aromatic heterocycles. The van der Waals surface area contributed by atoms with E-state index in [1.54, 1.807) is 4.91 Å². The average molecular weight is 301 g/mol. The Morgan fingerprint density at radius 1 is 0.952 bits per heavy atom. The van der Waals surface area contributed by atoms with Crippen molar-refractivity contribution in [3.8, 4) is 0 Å². The lowest BCUT2D eigenvalue weighted by molar-refractivity contribution is 0.191. The molecule has 0 bridgehead atoms. The number of rotatable bonds is 4. The van der Waals surface area contributed by atoms with Crippen LogP contribution in [0, 0.1) is 17.8 Å².